The number of rotatable bonds is 5. The lowest BCUT2D eigenvalue weighted by molar-refractivity contribution is 0.0943. The Kier molecular flexibility index (Phi) is 5.35. The van der Waals surface area contributed by atoms with E-state index in [0.717, 1.165) is 32.4 Å². The topological polar surface area (TPSA) is 50.4 Å². The molecule has 1 heterocycles. The molecule has 1 amide bonds. The summed E-state index contributed by atoms with van der Waals surface area (Å²) in [5.41, 5.74) is -0.0136. The molecular weight excluding hydrogens is 259 g/mol. The van der Waals surface area contributed by atoms with Gasteiger partial charge < -0.3 is 15.4 Å². The average molecular weight is 280 g/mol. The van der Waals surface area contributed by atoms with Crippen molar-refractivity contribution in [3.63, 3.8) is 0 Å². The van der Waals surface area contributed by atoms with Crippen molar-refractivity contribution in [1.82, 2.24) is 10.6 Å². The molecule has 4 nitrogen and oxygen atoms in total. The van der Waals surface area contributed by atoms with Crippen molar-refractivity contribution in [2.45, 2.75) is 19.3 Å². The Labute approximate surface area is 118 Å². The van der Waals surface area contributed by atoms with Crippen LogP contribution in [0, 0.1) is 11.7 Å². The lowest BCUT2D eigenvalue weighted by Gasteiger charge is -2.22. The molecule has 1 aromatic rings. The Balaban J connectivity index is 1.88. The molecule has 1 aromatic carbocycles. The van der Waals surface area contributed by atoms with Gasteiger partial charge in [-0.25, -0.2) is 4.39 Å². The van der Waals surface area contributed by atoms with Crippen molar-refractivity contribution in [3.8, 4) is 5.75 Å². The highest BCUT2D eigenvalue weighted by atomic mass is 19.1. The van der Waals surface area contributed by atoms with Gasteiger partial charge >= 0.3 is 0 Å². The second kappa shape index (κ2) is 7.24. The van der Waals surface area contributed by atoms with Gasteiger partial charge in [0.05, 0.1) is 7.11 Å². The molecule has 1 saturated heterocycles. The van der Waals surface area contributed by atoms with E-state index in [1.807, 2.05) is 0 Å². The van der Waals surface area contributed by atoms with Crippen LogP contribution in [0.2, 0.25) is 0 Å². The summed E-state index contributed by atoms with van der Waals surface area (Å²) in [4.78, 5) is 12.0. The number of piperidine rings is 1. The Hall–Kier alpha value is -1.62. The minimum absolute atomic E-state index is 0.0136. The molecule has 0 bridgehead atoms. The monoisotopic (exact) mass is 280 g/mol. The van der Waals surface area contributed by atoms with Gasteiger partial charge in [-0.1, -0.05) is 6.07 Å². The van der Waals surface area contributed by atoms with Crippen molar-refractivity contribution in [3.05, 3.63) is 29.6 Å². The number of hydrogen-bond donors (Lipinski definition) is 2. The first-order valence-corrected chi connectivity index (χ1v) is 7.03. The predicted molar refractivity (Wildman–Crippen MR) is 75.5 cm³/mol. The number of carbonyl (C=O) groups excluding carboxylic acids is 1. The van der Waals surface area contributed by atoms with Crippen molar-refractivity contribution < 1.29 is 13.9 Å². The van der Waals surface area contributed by atoms with Gasteiger partial charge in [-0.05, 0) is 50.4 Å². The molecule has 2 N–H and O–H groups in total. The van der Waals surface area contributed by atoms with E-state index in [1.165, 1.54) is 19.2 Å². The first-order chi connectivity index (χ1) is 9.72. The fraction of sp³-hybridized carbons (Fsp3) is 0.533. The minimum atomic E-state index is -0.552. The maximum atomic E-state index is 13.7. The number of amides is 1. The van der Waals surface area contributed by atoms with Gasteiger partial charge in [-0.2, -0.15) is 0 Å². The molecule has 0 spiro atoms. The van der Waals surface area contributed by atoms with E-state index in [2.05, 4.69) is 10.6 Å². The van der Waals surface area contributed by atoms with Crippen LogP contribution in [-0.4, -0.2) is 32.7 Å². The number of carbonyl (C=O) groups is 1. The number of hydrogen-bond acceptors (Lipinski definition) is 3. The van der Waals surface area contributed by atoms with E-state index in [4.69, 9.17) is 4.74 Å². The van der Waals surface area contributed by atoms with Gasteiger partial charge in [-0.15, -0.1) is 0 Å². The third-order valence-corrected chi connectivity index (χ3v) is 3.72. The predicted octanol–water partition coefficient (Wildman–Crippen LogP) is 1.95. The van der Waals surface area contributed by atoms with Crippen LogP contribution in [0.1, 0.15) is 29.6 Å². The zero-order chi connectivity index (χ0) is 14.4. The summed E-state index contributed by atoms with van der Waals surface area (Å²) in [5.74, 6) is -0.0546. The molecule has 1 aliphatic heterocycles. The Bertz CT molecular complexity index is 459. The maximum absolute atomic E-state index is 13.7. The Morgan fingerprint density at radius 2 is 2.20 bits per heavy atom. The minimum Gasteiger partial charge on any atom is -0.496 e. The normalized spacial score (nSPS) is 15.9. The molecule has 0 aromatic heterocycles. The van der Waals surface area contributed by atoms with E-state index < -0.39 is 11.7 Å². The highest BCUT2D eigenvalue weighted by molar-refractivity contribution is 5.97. The summed E-state index contributed by atoms with van der Waals surface area (Å²) in [7, 11) is 1.43. The van der Waals surface area contributed by atoms with Crippen molar-refractivity contribution in [1.29, 1.82) is 0 Å². The van der Waals surface area contributed by atoms with Crippen LogP contribution < -0.4 is 15.4 Å². The van der Waals surface area contributed by atoms with Crippen molar-refractivity contribution in [2.24, 2.45) is 5.92 Å². The van der Waals surface area contributed by atoms with E-state index in [1.54, 1.807) is 6.07 Å². The lowest BCUT2D eigenvalue weighted by Crippen LogP contribution is -2.31. The largest absolute Gasteiger partial charge is 0.496 e. The van der Waals surface area contributed by atoms with Gasteiger partial charge in [0.25, 0.3) is 5.91 Å². The number of halogens is 1. The summed E-state index contributed by atoms with van der Waals surface area (Å²) in [6.07, 6.45) is 3.21. The van der Waals surface area contributed by atoms with Crippen molar-refractivity contribution >= 4 is 5.91 Å². The maximum Gasteiger partial charge on any atom is 0.258 e. The molecular formula is C15H21FN2O2. The number of ether oxygens (including phenoxy) is 1. The Morgan fingerprint density at radius 3 is 2.90 bits per heavy atom. The molecule has 5 heteroatoms. The van der Waals surface area contributed by atoms with Crippen LogP contribution in [0.15, 0.2) is 18.2 Å². The fourth-order valence-electron chi connectivity index (χ4n) is 2.54. The molecule has 1 aliphatic rings. The number of nitrogens with one attached hydrogen (secondary N) is 2. The quantitative estimate of drug-likeness (QED) is 0.867. The highest BCUT2D eigenvalue weighted by Crippen LogP contribution is 2.21. The lowest BCUT2D eigenvalue weighted by atomic mass is 9.95. The average Bonchev–Trinajstić information content (AvgIpc) is 2.47. The summed E-state index contributed by atoms with van der Waals surface area (Å²) in [5, 5.41) is 6.09. The first kappa shape index (κ1) is 14.8. The van der Waals surface area contributed by atoms with E-state index in [0.29, 0.717) is 12.5 Å². The molecule has 1 fully saturated rings. The second-order valence-corrected chi connectivity index (χ2v) is 5.06. The van der Waals surface area contributed by atoms with E-state index in [9.17, 15) is 9.18 Å². The smallest absolute Gasteiger partial charge is 0.258 e. The molecule has 0 atom stereocenters. The molecule has 2 rings (SSSR count). The van der Waals surface area contributed by atoms with Gasteiger partial charge in [0.1, 0.15) is 17.1 Å². The molecule has 0 saturated carbocycles. The third kappa shape index (κ3) is 3.70. The molecule has 0 aliphatic carbocycles. The van der Waals surface area contributed by atoms with Gasteiger partial charge in [0.15, 0.2) is 0 Å². The SMILES string of the molecule is COc1cccc(F)c1C(=O)NCCC1CCNCC1. The summed E-state index contributed by atoms with van der Waals surface area (Å²) in [6, 6.07) is 4.38. The molecule has 110 valence electrons. The van der Waals surface area contributed by atoms with E-state index in [-0.39, 0.29) is 11.3 Å². The number of methoxy groups -OCH3 is 1. The van der Waals surface area contributed by atoms with Crippen LogP contribution in [0.25, 0.3) is 0 Å². The van der Waals surface area contributed by atoms with Crippen LogP contribution in [-0.2, 0) is 0 Å². The van der Waals surface area contributed by atoms with Crippen molar-refractivity contribution in [2.75, 3.05) is 26.7 Å². The van der Waals surface area contributed by atoms with Gasteiger partial charge in [0, 0.05) is 6.54 Å². The zero-order valence-corrected chi connectivity index (χ0v) is 11.7. The molecule has 0 radical (unpaired) electrons. The summed E-state index contributed by atoms with van der Waals surface area (Å²) in [6.45, 7) is 2.65. The molecule has 0 unspecified atom stereocenters. The summed E-state index contributed by atoms with van der Waals surface area (Å²) >= 11 is 0. The van der Waals surface area contributed by atoms with Crippen LogP contribution in [0.3, 0.4) is 0 Å². The summed E-state index contributed by atoms with van der Waals surface area (Å²) < 4.78 is 18.8. The third-order valence-electron chi connectivity index (χ3n) is 3.72. The first-order valence-electron chi connectivity index (χ1n) is 7.03. The number of benzene rings is 1. The molecule has 20 heavy (non-hydrogen) atoms. The highest BCUT2D eigenvalue weighted by Gasteiger charge is 2.18. The second-order valence-electron chi connectivity index (χ2n) is 5.06. The van der Waals surface area contributed by atoms with Crippen LogP contribution in [0.5, 0.6) is 5.75 Å². The van der Waals surface area contributed by atoms with E-state index >= 15 is 0 Å². The van der Waals surface area contributed by atoms with Gasteiger partial charge in [-0.3, -0.25) is 4.79 Å². The van der Waals surface area contributed by atoms with Crippen LogP contribution >= 0.6 is 0 Å². The zero-order valence-electron chi connectivity index (χ0n) is 11.7. The van der Waals surface area contributed by atoms with Gasteiger partial charge in [0.2, 0.25) is 0 Å². The standard InChI is InChI=1S/C15H21FN2O2/c1-20-13-4-2-3-12(16)14(13)15(19)18-10-7-11-5-8-17-9-6-11/h2-4,11,17H,5-10H2,1H3,(H,18,19). The van der Waals surface area contributed by atoms with Crippen LogP contribution in [0.4, 0.5) is 4.39 Å². The Morgan fingerprint density at radius 1 is 1.45 bits per heavy atom. The fourth-order valence-corrected chi connectivity index (χ4v) is 2.54.